The first kappa shape index (κ1) is 17.5. The highest BCUT2D eigenvalue weighted by Crippen LogP contribution is 2.37. The molecule has 0 saturated carbocycles. The molecule has 0 saturated heterocycles. The monoisotopic (exact) mass is 337 g/mol. The number of allylic oxidation sites excluding steroid dienone is 1. The highest BCUT2D eigenvalue weighted by Gasteiger charge is 2.24. The fraction of sp³-hybridized carbons (Fsp3) is 0.353. The Balaban J connectivity index is 0.00000192. The van der Waals surface area contributed by atoms with E-state index in [1.807, 2.05) is 19.9 Å². The zero-order chi connectivity index (χ0) is 16.0. The molecular formula is C17H21ClFN3O. The molecule has 2 aromatic rings. The fourth-order valence-corrected chi connectivity index (χ4v) is 3.28. The van der Waals surface area contributed by atoms with Gasteiger partial charge >= 0.3 is 0 Å². The lowest BCUT2D eigenvalue weighted by Crippen LogP contribution is -2.22. The van der Waals surface area contributed by atoms with Crippen LogP contribution < -0.4 is 11.5 Å². The van der Waals surface area contributed by atoms with Gasteiger partial charge in [-0.25, -0.2) is 4.39 Å². The number of amides is 1. The largest absolute Gasteiger partial charge is 0.366 e. The van der Waals surface area contributed by atoms with Crippen LogP contribution in [0.2, 0.25) is 0 Å². The predicted octanol–water partition coefficient (Wildman–Crippen LogP) is 3.34. The summed E-state index contributed by atoms with van der Waals surface area (Å²) in [7, 11) is 0. The number of carbonyl (C=O) groups is 1. The standard InChI is InChI=1S/C17H20FN3O.ClH/c1-8-9(2)21-16-12(17(20)22)7-13(18)15(14(8)16)10-4-3-5-11(19)6-10;/h4,7,11,21H,3,5-6,19H2,1-2H3,(H2,20,22);1H/t11-;/m0./s1. The Morgan fingerprint density at radius 1 is 1.39 bits per heavy atom. The molecule has 0 unspecified atom stereocenters. The Hall–Kier alpha value is -1.85. The first-order valence-corrected chi connectivity index (χ1v) is 7.46. The van der Waals surface area contributed by atoms with Gasteiger partial charge in [-0.05, 0) is 50.3 Å². The number of hydrogen-bond acceptors (Lipinski definition) is 2. The predicted molar refractivity (Wildman–Crippen MR) is 93.3 cm³/mol. The SMILES string of the molecule is Cc1[nH]c2c(C(N)=O)cc(F)c(C3=CCC[C@H](N)C3)c2c1C.Cl. The smallest absolute Gasteiger partial charge is 0.250 e. The summed E-state index contributed by atoms with van der Waals surface area (Å²) in [6.07, 6.45) is 4.45. The number of primary amides is 1. The Morgan fingerprint density at radius 2 is 2.09 bits per heavy atom. The van der Waals surface area contributed by atoms with Gasteiger partial charge in [-0.3, -0.25) is 4.79 Å². The van der Waals surface area contributed by atoms with Gasteiger partial charge in [0.2, 0.25) is 0 Å². The van der Waals surface area contributed by atoms with Crippen LogP contribution in [0.15, 0.2) is 12.1 Å². The number of halogens is 2. The van der Waals surface area contributed by atoms with E-state index in [0.717, 1.165) is 35.1 Å². The number of aromatic amines is 1. The van der Waals surface area contributed by atoms with Gasteiger partial charge in [-0.2, -0.15) is 0 Å². The second kappa shape index (κ2) is 6.34. The summed E-state index contributed by atoms with van der Waals surface area (Å²) in [5, 5.41) is 0.742. The summed E-state index contributed by atoms with van der Waals surface area (Å²) in [5.41, 5.74) is 15.5. The van der Waals surface area contributed by atoms with E-state index in [1.54, 1.807) is 0 Å². The van der Waals surface area contributed by atoms with Crippen molar-refractivity contribution < 1.29 is 9.18 Å². The Kier molecular flexibility index (Phi) is 4.82. The minimum absolute atomic E-state index is 0. The molecular weight excluding hydrogens is 317 g/mol. The number of rotatable bonds is 2. The van der Waals surface area contributed by atoms with E-state index < -0.39 is 11.7 Å². The summed E-state index contributed by atoms with van der Waals surface area (Å²) in [5.74, 6) is -1.05. The molecule has 1 aliphatic carbocycles. The molecule has 0 spiro atoms. The van der Waals surface area contributed by atoms with Crippen LogP contribution >= 0.6 is 12.4 Å². The van der Waals surface area contributed by atoms with Crippen LogP contribution in [0.4, 0.5) is 4.39 Å². The molecule has 1 atom stereocenters. The molecule has 4 nitrogen and oxygen atoms in total. The van der Waals surface area contributed by atoms with Gasteiger partial charge in [-0.15, -0.1) is 12.4 Å². The number of aryl methyl sites for hydroxylation is 2. The number of aromatic nitrogens is 1. The third-order valence-electron chi connectivity index (χ3n) is 4.53. The van der Waals surface area contributed by atoms with Crippen molar-refractivity contribution in [2.24, 2.45) is 11.5 Å². The average Bonchev–Trinajstić information content (AvgIpc) is 2.74. The summed E-state index contributed by atoms with van der Waals surface area (Å²) in [4.78, 5) is 14.8. The third kappa shape index (κ3) is 2.86. The van der Waals surface area contributed by atoms with E-state index in [4.69, 9.17) is 11.5 Å². The number of carbonyl (C=O) groups excluding carboxylic acids is 1. The van der Waals surface area contributed by atoms with E-state index in [0.29, 0.717) is 17.5 Å². The van der Waals surface area contributed by atoms with Crippen molar-refractivity contribution in [2.45, 2.75) is 39.2 Å². The van der Waals surface area contributed by atoms with Crippen LogP contribution in [0.1, 0.15) is 46.4 Å². The molecule has 1 heterocycles. The van der Waals surface area contributed by atoms with Gasteiger partial charge in [0.05, 0.1) is 11.1 Å². The maximum absolute atomic E-state index is 14.7. The third-order valence-corrected chi connectivity index (χ3v) is 4.53. The number of nitrogens with one attached hydrogen (secondary N) is 1. The zero-order valence-corrected chi connectivity index (χ0v) is 14.0. The topological polar surface area (TPSA) is 84.9 Å². The van der Waals surface area contributed by atoms with Gasteiger partial charge in [0.25, 0.3) is 5.91 Å². The number of fused-ring (bicyclic) bond motifs is 1. The van der Waals surface area contributed by atoms with Gasteiger partial charge < -0.3 is 16.5 Å². The van der Waals surface area contributed by atoms with Crippen molar-refractivity contribution in [3.05, 3.63) is 40.3 Å². The van der Waals surface area contributed by atoms with Gasteiger partial charge in [0.15, 0.2) is 0 Å². The summed E-state index contributed by atoms with van der Waals surface area (Å²) >= 11 is 0. The molecule has 0 radical (unpaired) electrons. The van der Waals surface area contributed by atoms with E-state index in [1.165, 1.54) is 6.07 Å². The van der Waals surface area contributed by atoms with Crippen LogP contribution in [0.25, 0.3) is 16.5 Å². The Bertz CT molecular complexity index is 810. The zero-order valence-electron chi connectivity index (χ0n) is 13.2. The van der Waals surface area contributed by atoms with E-state index >= 15 is 0 Å². The van der Waals surface area contributed by atoms with E-state index in [-0.39, 0.29) is 24.0 Å². The van der Waals surface area contributed by atoms with Crippen molar-refractivity contribution in [1.82, 2.24) is 4.98 Å². The van der Waals surface area contributed by atoms with Crippen molar-refractivity contribution in [1.29, 1.82) is 0 Å². The first-order valence-electron chi connectivity index (χ1n) is 7.46. The summed E-state index contributed by atoms with van der Waals surface area (Å²) in [6, 6.07) is 1.28. The van der Waals surface area contributed by atoms with Gasteiger partial charge in [-0.1, -0.05) is 6.08 Å². The summed E-state index contributed by atoms with van der Waals surface area (Å²) in [6.45, 7) is 3.83. The quantitative estimate of drug-likeness (QED) is 0.785. The molecule has 124 valence electrons. The van der Waals surface area contributed by atoms with E-state index in [2.05, 4.69) is 4.98 Å². The highest BCUT2D eigenvalue weighted by molar-refractivity contribution is 6.09. The molecule has 1 aliphatic rings. The van der Waals surface area contributed by atoms with Crippen molar-refractivity contribution in [3.8, 4) is 0 Å². The maximum Gasteiger partial charge on any atom is 0.250 e. The minimum atomic E-state index is -0.633. The van der Waals surface area contributed by atoms with E-state index in [9.17, 15) is 9.18 Å². The molecule has 1 amide bonds. The van der Waals surface area contributed by atoms with Crippen molar-refractivity contribution in [2.75, 3.05) is 0 Å². The average molecular weight is 338 g/mol. The van der Waals surface area contributed by atoms with Crippen LogP contribution in [0.5, 0.6) is 0 Å². The lowest BCUT2D eigenvalue weighted by Gasteiger charge is -2.21. The number of H-pyrrole nitrogens is 1. The molecule has 1 aromatic heterocycles. The maximum atomic E-state index is 14.7. The number of benzene rings is 1. The van der Waals surface area contributed by atoms with Crippen LogP contribution in [0, 0.1) is 19.7 Å². The van der Waals surface area contributed by atoms with Crippen LogP contribution in [-0.2, 0) is 0 Å². The highest BCUT2D eigenvalue weighted by atomic mass is 35.5. The lowest BCUT2D eigenvalue weighted by atomic mass is 9.87. The van der Waals surface area contributed by atoms with Crippen LogP contribution in [-0.4, -0.2) is 16.9 Å². The normalized spacial score (nSPS) is 17.7. The molecule has 1 aromatic carbocycles. The Labute approximate surface area is 140 Å². The lowest BCUT2D eigenvalue weighted by molar-refractivity contribution is 0.100. The second-order valence-corrected chi connectivity index (χ2v) is 6.04. The van der Waals surface area contributed by atoms with Crippen molar-refractivity contribution >= 4 is 34.8 Å². The van der Waals surface area contributed by atoms with Crippen molar-refractivity contribution in [3.63, 3.8) is 0 Å². The first-order chi connectivity index (χ1) is 10.4. The van der Waals surface area contributed by atoms with Crippen LogP contribution in [0.3, 0.4) is 0 Å². The molecule has 23 heavy (non-hydrogen) atoms. The number of nitrogens with two attached hydrogens (primary N) is 2. The number of hydrogen-bond donors (Lipinski definition) is 3. The molecule has 0 fully saturated rings. The minimum Gasteiger partial charge on any atom is -0.366 e. The van der Waals surface area contributed by atoms with Gasteiger partial charge in [0.1, 0.15) is 5.82 Å². The Morgan fingerprint density at radius 3 is 2.70 bits per heavy atom. The molecule has 5 N–H and O–H groups in total. The molecule has 3 rings (SSSR count). The summed E-state index contributed by atoms with van der Waals surface area (Å²) < 4.78 is 14.7. The van der Waals surface area contributed by atoms with Gasteiger partial charge in [0, 0.05) is 22.7 Å². The molecule has 0 aliphatic heterocycles. The molecule has 0 bridgehead atoms. The fourth-order valence-electron chi connectivity index (χ4n) is 3.28. The second-order valence-electron chi connectivity index (χ2n) is 6.04. The molecule has 6 heteroatoms.